The molecule has 0 radical (unpaired) electrons. The van der Waals surface area contributed by atoms with Crippen LogP contribution in [0.4, 0.5) is 0 Å². The molecule has 0 aliphatic heterocycles. The monoisotopic (exact) mass is 236 g/mol. The van der Waals surface area contributed by atoms with Gasteiger partial charge >= 0.3 is 5.69 Å². The molecule has 0 atom stereocenters. The smallest absolute Gasteiger partial charge is 0.292 e. The molecule has 1 heterocycles. The fourth-order valence-corrected chi connectivity index (χ4v) is 1.96. The van der Waals surface area contributed by atoms with Gasteiger partial charge in [-0.05, 0) is 12.1 Å². The maximum absolute atomic E-state index is 11.9. The number of hydrogen-bond acceptors (Lipinski definition) is 3. The van der Waals surface area contributed by atoms with Crippen LogP contribution in [0.3, 0.4) is 0 Å². The highest BCUT2D eigenvalue weighted by Gasteiger charge is 2.08. The quantitative estimate of drug-likeness (QED) is 0.777. The summed E-state index contributed by atoms with van der Waals surface area (Å²) in [7, 11) is 1.49. The molecule has 0 N–H and O–H groups in total. The Morgan fingerprint density at radius 3 is 2.62 bits per heavy atom. The Morgan fingerprint density at radius 2 is 1.94 bits per heavy atom. The first-order valence-corrected chi connectivity index (χ1v) is 5.59. The van der Waals surface area contributed by atoms with Crippen molar-refractivity contribution < 1.29 is 0 Å². The van der Waals surface area contributed by atoms with Gasteiger partial charge in [0.2, 0.25) is 0 Å². The number of aromatic nitrogens is 2. The lowest BCUT2D eigenvalue weighted by Gasteiger charge is -2.10. The highest BCUT2D eigenvalue weighted by molar-refractivity contribution is 7.80. The second-order valence-corrected chi connectivity index (χ2v) is 3.99. The third-order valence-corrected chi connectivity index (χ3v) is 2.77. The van der Waals surface area contributed by atoms with Crippen LogP contribution in [0.15, 0.2) is 33.9 Å². The van der Waals surface area contributed by atoms with Crippen molar-refractivity contribution in [2.75, 3.05) is 5.75 Å². The minimum absolute atomic E-state index is 0.254. The van der Waals surface area contributed by atoms with Crippen LogP contribution in [0, 0.1) is 0 Å². The van der Waals surface area contributed by atoms with E-state index in [0.717, 1.165) is 4.57 Å². The maximum Gasteiger partial charge on any atom is 0.331 e. The van der Waals surface area contributed by atoms with Gasteiger partial charge in [-0.15, -0.1) is 0 Å². The van der Waals surface area contributed by atoms with Crippen molar-refractivity contribution in [3.05, 3.63) is 45.1 Å². The summed E-state index contributed by atoms with van der Waals surface area (Å²) in [5.41, 5.74) is 0.124. The first-order valence-electron chi connectivity index (χ1n) is 4.96. The molecule has 0 fully saturated rings. The van der Waals surface area contributed by atoms with Gasteiger partial charge in [-0.3, -0.25) is 13.9 Å². The SMILES string of the molecule is Cn1c(=O)c2ccccc2n(CCS)c1=O. The predicted molar refractivity (Wildman–Crippen MR) is 67.3 cm³/mol. The van der Waals surface area contributed by atoms with E-state index >= 15 is 0 Å². The first-order chi connectivity index (χ1) is 7.66. The lowest BCUT2D eigenvalue weighted by atomic mass is 10.2. The molecular weight excluding hydrogens is 224 g/mol. The van der Waals surface area contributed by atoms with Gasteiger partial charge in [-0.1, -0.05) is 12.1 Å². The molecule has 1 aromatic carbocycles. The van der Waals surface area contributed by atoms with E-state index in [1.807, 2.05) is 6.07 Å². The fourth-order valence-electron chi connectivity index (χ4n) is 1.76. The summed E-state index contributed by atoms with van der Waals surface area (Å²) in [6, 6.07) is 7.11. The van der Waals surface area contributed by atoms with Gasteiger partial charge in [0, 0.05) is 19.3 Å². The minimum atomic E-state index is -0.294. The maximum atomic E-state index is 11.9. The molecule has 1 aromatic heterocycles. The number of aryl methyl sites for hydroxylation is 1. The second-order valence-electron chi connectivity index (χ2n) is 3.54. The van der Waals surface area contributed by atoms with Gasteiger partial charge in [0.15, 0.2) is 0 Å². The van der Waals surface area contributed by atoms with Crippen LogP contribution in [-0.4, -0.2) is 14.9 Å². The Labute approximate surface area is 97.5 Å². The molecule has 4 nitrogen and oxygen atoms in total. The molecular formula is C11H12N2O2S. The molecule has 0 amide bonds. The molecule has 0 saturated heterocycles. The topological polar surface area (TPSA) is 44.0 Å². The Bertz CT molecular complexity index is 642. The van der Waals surface area contributed by atoms with Crippen molar-refractivity contribution >= 4 is 23.5 Å². The van der Waals surface area contributed by atoms with Gasteiger partial charge in [-0.25, -0.2) is 4.79 Å². The van der Waals surface area contributed by atoms with Gasteiger partial charge in [0.25, 0.3) is 5.56 Å². The van der Waals surface area contributed by atoms with Crippen molar-refractivity contribution in [3.63, 3.8) is 0 Å². The summed E-state index contributed by atoms with van der Waals surface area (Å²) in [6.45, 7) is 0.497. The van der Waals surface area contributed by atoms with Crippen LogP contribution in [0.2, 0.25) is 0 Å². The highest BCUT2D eigenvalue weighted by atomic mass is 32.1. The molecule has 2 aromatic rings. The molecule has 0 bridgehead atoms. The minimum Gasteiger partial charge on any atom is -0.292 e. The van der Waals surface area contributed by atoms with Crippen molar-refractivity contribution in [2.45, 2.75) is 6.54 Å². The molecule has 0 saturated carbocycles. The summed E-state index contributed by atoms with van der Waals surface area (Å²) in [6.07, 6.45) is 0. The van der Waals surface area contributed by atoms with E-state index in [4.69, 9.17) is 0 Å². The zero-order valence-electron chi connectivity index (χ0n) is 8.88. The Morgan fingerprint density at radius 1 is 1.25 bits per heavy atom. The van der Waals surface area contributed by atoms with Gasteiger partial charge in [-0.2, -0.15) is 12.6 Å². The number of para-hydroxylation sites is 1. The average molecular weight is 236 g/mol. The Hall–Kier alpha value is -1.49. The molecule has 0 spiro atoms. The number of hydrogen-bond donors (Lipinski definition) is 1. The van der Waals surface area contributed by atoms with E-state index in [1.54, 1.807) is 22.8 Å². The zero-order valence-corrected chi connectivity index (χ0v) is 9.78. The van der Waals surface area contributed by atoms with Crippen molar-refractivity contribution in [2.24, 2.45) is 7.05 Å². The van der Waals surface area contributed by atoms with E-state index in [0.29, 0.717) is 23.2 Å². The normalized spacial score (nSPS) is 10.9. The lowest BCUT2D eigenvalue weighted by molar-refractivity contribution is 0.662. The van der Waals surface area contributed by atoms with E-state index in [2.05, 4.69) is 12.6 Å². The van der Waals surface area contributed by atoms with E-state index in [1.165, 1.54) is 7.05 Å². The van der Waals surface area contributed by atoms with Gasteiger partial charge in [0.05, 0.1) is 10.9 Å². The van der Waals surface area contributed by atoms with Crippen LogP contribution in [0.5, 0.6) is 0 Å². The Kier molecular flexibility index (Phi) is 2.87. The molecule has 0 unspecified atom stereocenters. The Balaban J connectivity index is 2.98. The van der Waals surface area contributed by atoms with Crippen LogP contribution in [-0.2, 0) is 13.6 Å². The first kappa shape index (κ1) is 11.0. The zero-order chi connectivity index (χ0) is 11.7. The van der Waals surface area contributed by atoms with Crippen molar-refractivity contribution in [1.29, 1.82) is 0 Å². The number of benzene rings is 1. The molecule has 5 heteroatoms. The summed E-state index contributed by atoms with van der Waals surface area (Å²) >= 11 is 4.12. The second kappa shape index (κ2) is 4.17. The lowest BCUT2D eigenvalue weighted by Crippen LogP contribution is -2.38. The number of fused-ring (bicyclic) bond motifs is 1. The summed E-state index contributed by atoms with van der Waals surface area (Å²) in [4.78, 5) is 23.7. The predicted octanol–water partition coefficient (Wildman–Crippen LogP) is 0.630. The van der Waals surface area contributed by atoms with Crippen molar-refractivity contribution in [3.8, 4) is 0 Å². The summed E-state index contributed by atoms with van der Waals surface area (Å²) in [5, 5.41) is 0.561. The van der Waals surface area contributed by atoms with Gasteiger partial charge < -0.3 is 0 Å². The summed E-state index contributed by atoms with van der Waals surface area (Å²) < 4.78 is 2.70. The van der Waals surface area contributed by atoms with Gasteiger partial charge in [0.1, 0.15) is 0 Å². The van der Waals surface area contributed by atoms with Crippen LogP contribution >= 0.6 is 12.6 Å². The largest absolute Gasteiger partial charge is 0.331 e. The summed E-state index contributed by atoms with van der Waals surface area (Å²) in [5.74, 6) is 0.558. The molecule has 2 rings (SSSR count). The molecule has 84 valence electrons. The average Bonchev–Trinajstić information content (AvgIpc) is 2.32. The third kappa shape index (κ3) is 1.57. The fraction of sp³-hybridized carbons (Fsp3) is 0.273. The van der Waals surface area contributed by atoms with E-state index < -0.39 is 0 Å². The third-order valence-electron chi connectivity index (χ3n) is 2.57. The number of thiol groups is 1. The standard InChI is InChI=1S/C11H12N2O2S/c1-12-10(14)8-4-2-3-5-9(8)13(6-7-16)11(12)15/h2-5,16H,6-7H2,1H3. The van der Waals surface area contributed by atoms with Crippen LogP contribution in [0.1, 0.15) is 0 Å². The van der Waals surface area contributed by atoms with Crippen molar-refractivity contribution in [1.82, 2.24) is 9.13 Å². The van der Waals surface area contributed by atoms with E-state index in [9.17, 15) is 9.59 Å². The molecule has 0 aliphatic carbocycles. The highest BCUT2D eigenvalue weighted by Crippen LogP contribution is 2.06. The van der Waals surface area contributed by atoms with E-state index in [-0.39, 0.29) is 11.2 Å². The number of nitrogens with zero attached hydrogens (tertiary/aromatic N) is 2. The molecule has 0 aliphatic rings. The van der Waals surface area contributed by atoms with Crippen LogP contribution in [0.25, 0.3) is 10.9 Å². The molecule has 16 heavy (non-hydrogen) atoms. The van der Waals surface area contributed by atoms with Crippen LogP contribution < -0.4 is 11.2 Å². The number of rotatable bonds is 2.